The lowest BCUT2D eigenvalue weighted by Crippen LogP contribution is -2.41. The number of anilines is 1. The molecule has 1 rings (SSSR count). The molecule has 0 amide bonds. The highest BCUT2D eigenvalue weighted by Gasteiger charge is 2.32. The lowest BCUT2D eigenvalue weighted by atomic mass is 10.2. The molecule has 0 unspecified atom stereocenters. The van der Waals surface area contributed by atoms with E-state index in [-0.39, 0.29) is 39.8 Å². The van der Waals surface area contributed by atoms with Crippen LogP contribution in [0.5, 0.6) is 0 Å². The summed E-state index contributed by atoms with van der Waals surface area (Å²) in [5.74, 6) is 0. The van der Waals surface area contributed by atoms with Crippen LogP contribution >= 0.6 is 23.2 Å². The first kappa shape index (κ1) is 18.5. The summed E-state index contributed by atoms with van der Waals surface area (Å²) in [4.78, 5) is -0.158. The van der Waals surface area contributed by atoms with E-state index in [0.29, 0.717) is 12.8 Å². The predicted molar refractivity (Wildman–Crippen MR) is 86.2 cm³/mol. The molecule has 1 aromatic rings. The Morgan fingerprint density at radius 1 is 1.29 bits per heavy atom. The molecule has 0 aliphatic heterocycles. The van der Waals surface area contributed by atoms with E-state index in [9.17, 15) is 13.5 Å². The van der Waals surface area contributed by atoms with Gasteiger partial charge in [0.25, 0.3) is 0 Å². The van der Waals surface area contributed by atoms with E-state index in [2.05, 4.69) is 0 Å². The van der Waals surface area contributed by atoms with Crippen molar-refractivity contribution < 1.29 is 13.5 Å². The molecule has 0 atom stereocenters. The summed E-state index contributed by atoms with van der Waals surface area (Å²) in [5.41, 5.74) is 5.79. The van der Waals surface area contributed by atoms with Gasteiger partial charge in [-0.3, -0.25) is 0 Å². The summed E-state index contributed by atoms with van der Waals surface area (Å²) in [7, 11) is -3.91. The molecule has 120 valence electrons. The SMILES string of the molecule is CCC(CC)N(CCO)S(=O)(=O)c1c(N)cc(Cl)cc1Cl. The fourth-order valence-electron chi connectivity index (χ4n) is 2.26. The topological polar surface area (TPSA) is 83.6 Å². The van der Waals surface area contributed by atoms with Crippen LogP contribution in [-0.4, -0.2) is 37.0 Å². The van der Waals surface area contributed by atoms with Gasteiger partial charge in [0, 0.05) is 17.6 Å². The Hall–Kier alpha value is -0.530. The van der Waals surface area contributed by atoms with Crippen LogP contribution in [0.25, 0.3) is 0 Å². The molecule has 0 saturated carbocycles. The second-order valence-electron chi connectivity index (χ2n) is 4.62. The van der Waals surface area contributed by atoms with Crippen molar-refractivity contribution in [1.82, 2.24) is 4.31 Å². The molecule has 0 saturated heterocycles. The molecule has 0 heterocycles. The monoisotopic (exact) mass is 354 g/mol. The van der Waals surface area contributed by atoms with Crippen LogP contribution in [0.4, 0.5) is 5.69 Å². The van der Waals surface area contributed by atoms with Crippen molar-refractivity contribution >= 4 is 38.9 Å². The summed E-state index contributed by atoms with van der Waals surface area (Å²) in [5, 5.41) is 9.43. The minimum absolute atomic E-state index is 0.00129. The maximum atomic E-state index is 12.8. The van der Waals surface area contributed by atoms with Gasteiger partial charge in [-0.15, -0.1) is 0 Å². The summed E-state index contributed by atoms with van der Waals surface area (Å²) < 4.78 is 26.9. The molecular weight excluding hydrogens is 335 g/mol. The van der Waals surface area contributed by atoms with Crippen molar-refractivity contribution in [2.75, 3.05) is 18.9 Å². The molecule has 3 N–H and O–H groups in total. The minimum Gasteiger partial charge on any atom is -0.398 e. The standard InChI is InChI=1S/C13H20Cl2N2O3S/c1-3-10(4-2)17(5-6-18)21(19,20)13-11(15)7-9(14)8-12(13)16/h7-8,10,18H,3-6,16H2,1-2H3. The summed E-state index contributed by atoms with van der Waals surface area (Å²) in [6.07, 6.45) is 1.25. The second kappa shape index (κ2) is 7.65. The Balaban J connectivity index is 3.43. The van der Waals surface area contributed by atoms with Crippen LogP contribution in [0.2, 0.25) is 10.0 Å². The smallest absolute Gasteiger partial charge is 0.246 e. The normalized spacial score (nSPS) is 12.3. The second-order valence-corrected chi connectivity index (χ2v) is 7.29. The van der Waals surface area contributed by atoms with E-state index >= 15 is 0 Å². The van der Waals surface area contributed by atoms with Crippen molar-refractivity contribution in [3.8, 4) is 0 Å². The third-order valence-corrected chi connectivity index (χ3v) is 5.97. The number of hydrogen-bond acceptors (Lipinski definition) is 4. The zero-order valence-electron chi connectivity index (χ0n) is 12.0. The number of nitrogens with zero attached hydrogens (tertiary/aromatic N) is 1. The van der Waals surface area contributed by atoms with Gasteiger partial charge in [-0.05, 0) is 25.0 Å². The van der Waals surface area contributed by atoms with Gasteiger partial charge in [0.1, 0.15) is 4.90 Å². The Kier molecular flexibility index (Phi) is 6.74. The van der Waals surface area contributed by atoms with Gasteiger partial charge in [-0.2, -0.15) is 4.31 Å². The lowest BCUT2D eigenvalue weighted by Gasteiger charge is -2.29. The molecule has 0 aromatic heterocycles. The van der Waals surface area contributed by atoms with E-state index < -0.39 is 10.0 Å². The average Bonchev–Trinajstić information content (AvgIpc) is 2.37. The highest BCUT2D eigenvalue weighted by Crippen LogP contribution is 2.34. The molecule has 0 aliphatic rings. The number of benzene rings is 1. The van der Waals surface area contributed by atoms with Gasteiger partial charge in [0.15, 0.2) is 0 Å². The Morgan fingerprint density at radius 2 is 1.86 bits per heavy atom. The molecule has 21 heavy (non-hydrogen) atoms. The largest absolute Gasteiger partial charge is 0.398 e. The molecule has 0 fully saturated rings. The lowest BCUT2D eigenvalue weighted by molar-refractivity contribution is 0.219. The number of aliphatic hydroxyl groups excluding tert-OH is 1. The van der Waals surface area contributed by atoms with E-state index in [1.54, 1.807) is 0 Å². The maximum Gasteiger partial charge on any atom is 0.246 e. The molecule has 0 bridgehead atoms. The third kappa shape index (κ3) is 4.02. The van der Waals surface area contributed by atoms with Crippen molar-refractivity contribution in [2.45, 2.75) is 37.6 Å². The van der Waals surface area contributed by atoms with Crippen LogP contribution in [-0.2, 0) is 10.0 Å². The fourth-order valence-corrected chi connectivity index (χ4v) is 4.97. The van der Waals surface area contributed by atoms with Gasteiger partial charge in [-0.25, -0.2) is 8.42 Å². The summed E-state index contributed by atoms with van der Waals surface area (Å²) in [6.45, 7) is 3.50. The van der Waals surface area contributed by atoms with Gasteiger partial charge in [-0.1, -0.05) is 37.0 Å². The fraction of sp³-hybridized carbons (Fsp3) is 0.538. The number of aliphatic hydroxyl groups is 1. The van der Waals surface area contributed by atoms with Gasteiger partial charge >= 0.3 is 0 Å². The Morgan fingerprint density at radius 3 is 2.29 bits per heavy atom. The highest BCUT2D eigenvalue weighted by molar-refractivity contribution is 7.89. The van der Waals surface area contributed by atoms with Crippen LogP contribution in [0.1, 0.15) is 26.7 Å². The zero-order valence-corrected chi connectivity index (χ0v) is 14.3. The third-order valence-electron chi connectivity index (χ3n) is 3.27. The van der Waals surface area contributed by atoms with Crippen molar-refractivity contribution in [3.63, 3.8) is 0 Å². The average molecular weight is 355 g/mol. The summed E-state index contributed by atoms with van der Waals surface area (Å²) >= 11 is 11.8. The van der Waals surface area contributed by atoms with Crippen LogP contribution in [0, 0.1) is 0 Å². The van der Waals surface area contributed by atoms with Crippen LogP contribution < -0.4 is 5.73 Å². The van der Waals surface area contributed by atoms with Crippen LogP contribution in [0.15, 0.2) is 17.0 Å². The molecular formula is C13H20Cl2N2O3S. The molecule has 5 nitrogen and oxygen atoms in total. The number of hydrogen-bond donors (Lipinski definition) is 2. The predicted octanol–water partition coefficient (Wildman–Crippen LogP) is 2.75. The first-order valence-corrected chi connectivity index (χ1v) is 8.86. The van der Waals surface area contributed by atoms with Crippen molar-refractivity contribution in [3.05, 3.63) is 22.2 Å². The maximum absolute atomic E-state index is 12.8. The van der Waals surface area contributed by atoms with Gasteiger partial charge in [0.05, 0.1) is 17.3 Å². The van der Waals surface area contributed by atoms with Crippen molar-refractivity contribution in [2.24, 2.45) is 0 Å². The van der Waals surface area contributed by atoms with E-state index in [4.69, 9.17) is 28.9 Å². The molecule has 0 aliphatic carbocycles. The Bertz CT molecular complexity index is 566. The minimum atomic E-state index is -3.91. The molecule has 8 heteroatoms. The van der Waals surface area contributed by atoms with Gasteiger partial charge < -0.3 is 10.8 Å². The van der Waals surface area contributed by atoms with Crippen molar-refractivity contribution in [1.29, 1.82) is 0 Å². The van der Waals surface area contributed by atoms with Gasteiger partial charge in [0.2, 0.25) is 10.0 Å². The summed E-state index contributed by atoms with van der Waals surface area (Å²) in [6, 6.07) is 2.47. The van der Waals surface area contributed by atoms with E-state index in [1.807, 2.05) is 13.8 Å². The van der Waals surface area contributed by atoms with Crippen LogP contribution in [0.3, 0.4) is 0 Å². The molecule has 0 spiro atoms. The Labute approximate surface area is 135 Å². The number of halogens is 2. The highest BCUT2D eigenvalue weighted by atomic mass is 35.5. The first-order valence-electron chi connectivity index (χ1n) is 6.66. The molecule has 1 aromatic carbocycles. The zero-order chi connectivity index (χ0) is 16.2. The first-order chi connectivity index (χ1) is 9.79. The number of rotatable bonds is 7. The quantitative estimate of drug-likeness (QED) is 0.737. The number of nitrogens with two attached hydrogens (primary N) is 1. The molecule has 0 radical (unpaired) electrons. The van der Waals surface area contributed by atoms with E-state index in [1.165, 1.54) is 16.4 Å². The number of sulfonamides is 1. The van der Waals surface area contributed by atoms with E-state index in [0.717, 1.165) is 0 Å². The number of nitrogen functional groups attached to an aromatic ring is 1.